The van der Waals surface area contributed by atoms with E-state index in [9.17, 15) is 8.42 Å². The Morgan fingerprint density at radius 1 is 1.53 bits per heavy atom. The van der Waals surface area contributed by atoms with Gasteiger partial charge in [-0.3, -0.25) is 5.10 Å². The van der Waals surface area contributed by atoms with Crippen LogP contribution in [0.1, 0.15) is 13.3 Å². The Labute approximate surface area is 89.0 Å². The molecular weight excluding hydrogens is 218 g/mol. The fraction of sp³-hybridized carbons (Fsp3) is 0.625. The van der Waals surface area contributed by atoms with Crippen LogP contribution < -0.4 is 0 Å². The molecule has 0 atom stereocenters. The van der Waals surface area contributed by atoms with Crippen molar-refractivity contribution in [2.75, 3.05) is 19.7 Å². The summed E-state index contributed by atoms with van der Waals surface area (Å²) in [4.78, 5) is 0.129. The Morgan fingerprint density at radius 2 is 2.27 bits per heavy atom. The van der Waals surface area contributed by atoms with Gasteiger partial charge in [-0.05, 0) is 6.42 Å². The van der Waals surface area contributed by atoms with Crippen molar-refractivity contribution in [1.29, 1.82) is 0 Å². The lowest BCUT2D eigenvalue weighted by molar-refractivity contribution is 0.253. The number of nitrogens with one attached hydrogen (secondary N) is 1. The first kappa shape index (κ1) is 12.2. The zero-order valence-electron chi connectivity index (χ0n) is 8.55. The maximum absolute atomic E-state index is 11.9. The molecule has 0 saturated heterocycles. The molecule has 15 heavy (non-hydrogen) atoms. The Hall–Kier alpha value is -0.920. The largest absolute Gasteiger partial charge is 0.395 e. The third kappa shape index (κ3) is 2.77. The number of aliphatic hydroxyl groups excluding tert-OH is 1. The third-order valence-electron chi connectivity index (χ3n) is 1.93. The standard InChI is InChI=1S/C8H15N3O3S/c1-2-3-11(4-5-12)15(13,14)8-6-9-10-7-8/h6-7,12H,2-5H2,1H3,(H,9,10). The Morgan fingerprint density at radius 3 is 2.73 bits per heavy atom. The predicted molar refractivity (Wildman–Crippen MR) is 54.7 cm³/mol. The SMILES string of the molecule is CCCN(CCO)S(=O)(=O)c1cn[nH]c1. The number of aromatic amines is 1. The number of aromatic nitrogens is 2. The molecule has 0 bridgehead atoms. The monoisotopic (exact) mass is 233 g/mol. The molecule has 0 aliphatic rings. The second-order valence-electron chi connectivity index (χ2n) is 3.06. The van der Waals surface area contributed by atoms with Gasteiger partial charge in [-0.25, -0.2) is 8.42 Å². The number of nitrogens with zero attached hydrogens (tertiary/aromatic N) is 2. The molecule has 0 aliphatic heterocycles. The van der Waals surface area contributed by atoms with Crippen LogP contribution in [0.2, 0.25) is 0 Å². The molecule has 6 nitrogen and oxygen atoms in total. The van der Waals surface area contributed by atoms with Gasteiger partial charge in [-0.1, -0.05) is 6.92 Å². The van der Waals surface area contributed by atoms with Gasteiger partial charge in [0.05, 0.1) is 12.8 Å². The van der Waals surface area contributed by atoms with Crippen LogP contribution in [-0.2, 0) is 10.0 Å². The summed E-state index contributed by atoms with van der Waals surface area (Å²) < 4.78 is 25.1. The molecule has 0 aromatic carbocycles. The van der Waals surface area contributed by atoms with Crippen LogP contribution in [0.15, 0.2) is 17.3 Å². The average molecular weight is 233 g/mol. The smallest absolute Gasteiger partial charge is 0.246 e. The molecule has 1 rings (SSSR count). The van der Waals surface area contributed by atoms with E-state index in [0.29, 0.717) is 13.0 Å². The first-order chi connectivity index (χ1) is 7.12. The van der Waals surface area contributed by atoms with Crippen LogP contribution >= 0.6 is 0 Å². The normalized spacial score (nSPS) is 12.2. The maximum Gasteiger partial charge on any atom is 0.246 e. The van der Waals surface area contributed by atoms with Gasteiger partial charge in [0, 0.05) is 19.3 Å². The predicted octanol–water partition coefficient (Wildman–Crippen LogP) is -0.197. The van der Waals surface area contributed by atoms with Gasteiger partial charge in [0.1, 0.15) is 4.90 Å². The summed E-state index contributed by atoms with van der Waals surface area (Å²) in [6.07, 6.45) is 3.29. The Balaban J connectivity index is 2.91. The van der Waals surface area contributed by atoms with Crippen molar-refractivity contribution in [1.82, 2.24) is 14.5 Å². The molecular formula is C8H15N3O3S. The highest BCUT2D eigenvalue weighted by Gasteiger charge is 2.23. The molecule has 0 saturated carbocycles. The van der Waals surface area contributed by atoms with E-state index < -0.39 is 10.0 Å². The van der Waals surface area contributed by atoms with Crippen LogP contribution in [0.3, 0.4) is 0 Å². The van der Waals surface area contributed by atoms with Crippen molar-refractivity contribution in [2.24, 2.45) is 0 Å². The molecule has 0 unspecified atom stereocenters. The minimum Gasteiger partial charge on any atom is -0.395 e. The van der Waals surface area contributed by atoms with Crippen molar-refractivity contribution in [2.45, 2.75) is 18.2 Å². The quantitative estimate of drug-likeness (QED) is 0.712. The van der Waals surface area contributed by atoms with E-state index in [2.05, 4.69) is 10.2 Å². The third-order valence-corrected chi connectivity index (χ3v) is 3.80. The van der Waals surface area contributed by atoms with E-state index in [1.54, 1.807) is 0 Å². The van der Waals surface area contributed by atoms with E-state index >= 15 is 0 Å². The molecule has 1 heterocycles. The van der Waals surface area contributed by atoms with Crippen molar-refractivity contribution in [3.05, 3.63) is 12.4 Å². The fourth-order valence-electron chi connectivity index (χ4n) is 1.24. The molecule has 0 fully saturated rings. The summed E-state index contributed by atoms with van der Waals surface area (Å²) in [7, 11) is -3.50. The number of hydrogen-bond donors (Lipinski definition) is 2. The van der Waals surface area contributed by atoms with Crippen LogP contribution in [-0.4, -0.2) is 47.7 Å². The first-order valence-electron chi connectivity index (χ1n) is 4.72. The molecule has 0 spiro atoms. The molecule has 2 N–H and O–H groups in total. The highest BCUT2D eigenvalue weighted by molar-refractivity contribution is 7.89. The second-order valence-corrected chi connectivity index (χ2v) is 5.00. The van der Waals surface area contributed by atoms with Gasteiger partial charge in [-0.2, -0.15) is 9.40 Å². The van der Waals surface area contributed by atoms with Crippen molar-refractivity contribution >= 4 is 10.0 Å². The van der Waals surface area contributed by atoms with Crippen molar-refractivity contribution in [3.8, 4) is 0 Å². The Bertz CT molecular complexity index is 368. The van der Waals surface area contributed by atoms with Gasteiger partial charge in [-0.15, -0.1) is 0 Å². The number of H-pyrrole nitrogens is 1. The number of rotatable bonds is 6. The van der Waals surface area contributed by atoms with Gasteiger partial charge >= 0.3 is 0 Å². The zero-order valence-corrected chi connectivity index (χ0v) is 9.37. The van der Waals surface area contributed by atoms with E-state index in [0.717, 1.165) is 0 Å². The van der Waals surface area contributed by atoms with Crippen LogP contribution in [0.4, 0.5) is 0 Å². The molecule has 0 aliphatic carbocycles. The van der Waals surface area contributed by atoms with Crippen molar-refractivity contribution in [3.63, 3.8) is 0 Å². The van der Waals surface area contributed by atoms with E-state index in [-0.39, 0.29) is 18.0 Å². The Kier molecular flexibility index (Phi) is 4.25. The molecule has 7 heteroatoms. The van der Waals surface area contributed by atoms with Crippen molar-refractivity contribution < 1.29 is 13.5 Å². The van der Waals surface area contributed by atoms with Crippen LogP contribution in [0.25, 0.3) is 0 Å². The van der Waals surface area contributed by atoms with Gasteiger partial charge in [0.15, 0.2) is 0 Å². The molecule has 86 valence electrons. The second kappa shape index (κ2) is 5.24. The summed E-state index contributed by atoms with van der Waals surface area (Å²) in [5.74, 6) is 0. The molecule has 0 amide bonds. The topological polar surface area (TPSA) is 86.3 Å². The summed E-state index contributed by atoms with van der Waals surface area (Å²) in [5.41, 5.74) is 0. The maximum atomic E-state index is 11.9. The summed E-state index contributed by atoms with van der Waals surface area (Å²) in [6, 6.07) is 0. The first-order valence-corrected chi connectivity index (χ1v) is 6.16. The van der Waals surface area contributed by atoms with Crippen LogP contribution in [0, 0.1) is 0 Å². The minimum absolute atomic E-state index is 0.112. The number of aliphatic hydroxyl groups is 1. The average Bonchev–Trinajstić information content (AvgIpc) is 2.70. The lowest BCUT2D eigenvalue weighted by Gasteiger charge is -2.19. The summed E-state index contributed by atoms with van der Waals surface area (Å²) in [6.45, 7) is 2.21. The molecule has 1 aromatic heterocycles. The highest BCUT2D eigenvalue weighted by Crippen LogP contribution is 2.13. The molecule has 1 aromatic rings. The molecule has 0 radical (unpaired) electrons. The van der Waals surface area contributed by atoms with E-state index in [1.165, 1.54) is 16.7 Å². The van der Waals surface area contributed by atoms with E-state index in [4.69, 9.17) is 5.11 Å². The van der Waals surface area contributed by atoms with Gasteiger partial charge in [0.25, 0.3) is 0 Å². The zero-order chi connectivity index (χ0) is 11.3. The van der Waals surface area contributed by atoms with E-state index in [1.807, 2.05) is 6.92 Å². The highest BCUT2D eigenvalue weighted by atomic mass is 32.2. The lowest BCUT2D eigenvalue weighted by atomic mass is 10.5. The van der Waals surface area contributed by atoms with Gasteiger partial charge in [0.2, 0.25) is 10.0 Å². The van der Waals surface area contributed by atoms with Gasteiger partial charge < -0.3 is 5.11 Å². The minimum atomic E-state index is -3.50. The van der Waals surface area contributed by atoms with Crippen LogP contribution in [0.5, 0.6) is 0 Å². The number of hydrogen-bond acceptors (Lipinski definition) is 4. The number of sulfonamides is 1. The summed E-state index contributed by atoms with van der Waals surface area (Å²) >= 11 is 0. The lowest BCUT2D eigenvalue weighted by Crippen LogP contribution is -2.34. The summed E-state index contributed by atoms with van der Waals surface area (Å²) in [5, 5.41) is 14.8. The fourth-order valence-corrected chi connectivity index (χ4v) is 2.67.